The summed E-state index contributed by atoms with van der Waals surface area (Å²) in [5, 5.41) is 17.7. The third-order valence-corrected chi connectivity index (χ3v) is 9.09. The van der Waals surface area contributed by atoms with Crippen molar-refractivity contribution in [2.75, 3.05) is 13.2 Å². The SMILES string of the molecule is CC(C)c1cc2c(cc1Br)[C@@]1(C)CCC[C@@](C)(C(=O)O)[C@@H]1C/C2=N\OCCNC(=O)Cc1ccccc1. The van der Waals surface area contributed by atoms with E-state index < -0.39 is 11.4 Å². The Balaban J connectivity index is 1.56. The van der Waals surface area contributed by atoms with Crippen molar-refractivity contribution in [3.05, 3.63) is 69.2 Å². The quantitative estimate of drug-likeness (QED) is 0.293. The molecule has 1 amide bonds. The zero-order valence-corrected chi connectivity index (χ0v) is 23.7. The molecule has 0 spiro atoms. The van der Waals surface area contributed by atoms with Crippen LogP contribution in [-0.2, 0) is 26.3 Å². The van der Waals surface area contributed by atoms with E-state index in [1.165, 1.54) is 5.56 Å². The number of nitrogens with one attached hydrogen (secondary N) is 1. The van der Waals surface area contributed by atoms with Crippen molar-refractivity contribution in [1.82, 2.24) is 5.32 Å². The first-order valence-corrected chi connectivity index (χ1v) is 13.9. The number of hydrogen-bond acceptors (Lipinski definition) is 4. The highest BCUT2D eigenvalue weighted by Gasteiger charge is 2.56. The maximum absolute atomic E-state index is 12.5. The number of carbonyl (C=O) groups excluding carboxylic acids is 1. The molecule has 2 aliphatic carbocycles. The van der Waals surface area contributed by atoms with Gasteiger partial charge in [0.05, 0.1) is 24.1 Å². The van der Waals surface area contributed by atoms with Crippen molar-refractivity contribution in [3.63, 3.8) is 0 Å². The molecule has 2 aromatic rings. The molecule has 0 aromatic heterocycles. The van der Waals surface area contributed by atoms with Crippen LogP contribution in [0.4, 0.5) is 0 Å². The third-order valence-electron chi connectivity index (χ3n) is 8.40. The molecule has 2 N–H and O–H groups in total. The van der Waals surface area contributed by atoms with Crippen LogP contribution in [0.15, 0.2) is 52.1 Å². The van der Waals surface area contributed by atoms with Crippen molar-refractivity contribution in [2.45, 2.75) is 71.1 Å². The average Bonchev–Trinajstić information content (AvgIpc) is 2.85. The zero-order chi connectivity index (χ0) is 26.8. The summed E-state index contributed by atoms with van der Waals surface area (Å²) in [5.41, 5.74) is 4.04. The van der Waals surface area contributed by atoms with Gasteiger partial charge in [0, 0.05) is 10.0 Å². The van der Waals surface area contributed by atoms with Gasteiger partial charge in [0.2, 0.25) is 5.91 Å². The fourth-order valence-electron chi connectivity index (χ4n) is 6.24. The number of hydrogen-bond donors (Lipinski definition) is 2. The monoisotopic (exact) mass is 568 g/mol. The maximum Gasteiger partial charge on any atom is 0.309 e. The van der Waals surface area contributed by atoms with E-state index in [0.29, 0.717) is 31.7 Å². The second-order valence-corrected chi connectivity index (χ2v) is 12.1. The number of nitrogens with zero attached hydrogens (tertiary/aromatic N) is 1. The Morgan fingerprint density at radius 3 is 2.59 bits per heavy atom. The van der Waals surface area contributed by atoms with Gasteiger partial charge in [0.15, 0.2) is 0 Å². The number of halogens is 1. The van der Waals surface area contributed by atoms with Crippen LogP contribution in [0, 0.1) is 11.3 Å². The van der Waals surface area contributed by atoms with Crippen molar-refractivity contribution in [1.29, 1.82) is 0 Å². The molecule has 0 radical (unpaired) electrons. The fraction of sp³-hybridized carbons (Fsp3) is 0.500. The van der Waals surface area contributed by atoms with Crippen LogP contribution in [0.25, 0.3) is 0 Å². The van der Waals surface area contributed by atoms with Gasteiger partial charge in [-0.15, -0.1) is 0 Å². The second-order valence-electron chi connectivity index (χ2n) is 11.2. The molecule has 37 heavy (non-hydrogen) atoms. The minimum atomic E-state index is -0.833. The summed E-state index contributed by atoms with van der Waals surface area (Å²) in [7, 11) is 0. The van der Waals surface area contributed by atoms with E-state index >= 15 is 0 Å². The topological polar surface area (TPSA) is 88.0 Å². The molecule has 0 heterocycles. The molecular formula is C30H37BrN2O4. The van der Waals surface area contributed by atoms with Gasteiger partial charge in [-0.2, -0.15) is 0 Å². The van der Waals surface area contributed by atoms with Crippen LogP contribution in [0.5, 0.6) is 0 Å². The molecule has 0 unspecified atom stereocenters. The van der Waals surface area contributed by atoms with Gasteiger partial charge in [-0.25, -0.2) is 0 Å². The molecule has 4 rings (SSSR count). The number of fused-ring (bicyclic) bond motifs is 3. The van der Waals surface area contributed by atoms with Crippen LogP contribution >= 0.6 is 15.9 Å². The first-order chi connectivity index (χ1) is 17.6. The third kappa shape index (κ3) is 5.47. The second kappa shape index (κ2) is 11.0. The predicted octanol–water partition coefficient (Wildman–Crippen LogP) is 6.20. The van der Waals surface area contributed by atoms with Gasteiger partial charge >= 0.3 is 5.97 Å². The number of aliphatic carboxylic acids is 1. The summed E-state index contributed by atoms with van der Waals surface area (Å²) in [6.45, 7) is 9.02. The minimum Gasteiger partial charge on any atom is -0.481 e. The summed E-state index contributed by atoms with van der Waals surface area (Å²) >= 11 is 3.78. The number of rotatable bonds is 8. The van der Waals surface area contributed by atoms with Crippen molar-refractivity contribution in [2.24, 2.45) is 16.5 Å². The van der Waals surface area contributed by atoms with E-state index in [4.69, 9.17) is 4.84 Å². The van der Waals surface area contributed by atoms with E-state index in [2.05, 4.69) is 59.3 Å². The summed E-state index contributed by atoms with van der Waals surface area (Å²) < 4.78 is 1.05. The molecule has 7 heteroatoms. The van der Waals surface area contributed by atoms with E-state index in [9.17, 15) is 14.7 Å². The molecule has 0 aliphatic heterocycles. The van der Waals surface area contributed by atoms with Crippen molar-refractivity contribution < 1.29 is 19.5 Å². The Morgan fingerprint density at radius 1 is 1.19 bits per heavy atom. The number of carboxylic acid groups (broad SMARTS) is 1. The van der Waals surface area contributed by atoms with E-state index in [1.807, 2.05) is 37.3 Å². The molecule has 2 aromatic carbocycles. The van der Waals surface area contributed by atoms with E-state index in [0.717, 1.165) is 39.7 Å². The van der Waals surface area contributed by atoms with Gasteiger partial charge in [0.1, 0.15) is 6.61 Å². The van der Waals surface area contributed by atoms with Gasteiger partial charge in [0.25, 0.3) is 0 Å². The zero-order valence-electron chi connectivity index (χ0n) is 22.1. The van der Waals surface area contributed by atoms with Crippen LogP contribution in [0.3, 0.4) is 0 Å². The normalized spacial score (nSPS) is 25.9. The Morgan fingerprint density at radius 2 is 1.92 bits per heavy atom. The van der Waals surface area contributed by atoms with Crippen LogP contribution in [0.2, 0.25) is 0 Å². The Hall–Kier alpha value is -2.67. The summed E-state index contributed by atoms with van der Waals surface area (Å²) in [4.78, 5) is 30.4. The molecule has 0 saturated heterocycles. The van der Waals surface area contributed by atoms with Crippen molar-refractivity contribution in [3.8, 4) is 0 Å². The van der Waals surface area contributed by atoms with Crippen LogP contribution in [-0.4, -0.2) is 35.8 Å². The standard InChI is InChI=1S/C30H37BrN2O4/c1-19(2)21-16-22-23(17-24(21)31)29(3)11-8-12-30(4,28(35)36)26(29)18-25(22)33-37-14-13-32-27(34)15-20-9-6-5-7-10-20/h5-7,9-10,16-17,19,26H,8,11-15,18H2,1-4H3,(H,32,34)(H,35,36)/b33-25+/t26-,29-,30-/m1/s1. The molecule has 1 saturated carbocycles. The van der Waals surface area contributed by atoms with Gasteiger partial charge in [-0.1, -0.05) is 78.6 Å². The van der Waals surface area contributed by atoms with Gasteiger partial charge < -0.3 is 15.3 Å². The van der Waals surface area contributed by atoms with Crippen molar-refractivity contribution >= 4 is 33.5 Å². The van der Waals surface area contributed by atoms with E-state index in [-0.39, 0.29) is 23.8 Å². The number of amides is 1. The molecule has 2 aliphatic rings. The smallest absolute Gasteiger partial charge is 0.309 e. The largest absolute Gasteiger partial charge is 0.481 e. The lowest BCUT2D eigenvalue weighted by molar-refractivity contribution is -0.156. The predicted molar refractivity (Wildman–Crippen MR) is 149 cm³/mol. The van der Waals surface area contributed by atoms with Gasteiger partial charge in [-0.05, 0) is 72.3 Å². The lowest BCUT2D eigenvalue weighted by Gasteiger charge is -2.53. The highest BCUT2D eigenvalue weighted by molar-refractivity contribution is 9.10. The fourth-order valence-corrected chi connectivity index (χ4v) is 7.04. The maximum atomic E-state index is 12.5. The Bertz CT molecular complexity index is 1200. The average molecular weight is 570 g/mol. The first kappa shape index (κ1) is 27.4. The van der Waals surface area contributed by atoms with E-state index in [1.54, 1.807) is 0 Å². The molecular weight excluding hydrogens is 532 g/mol. The van der Waals surface area contributed by atoms with Crippen LogP contribution < -0.4 is 5.32 Å². The van der Waals surface area contributed by atoms with Crippen LogP contribution in [0.1, 0.15) is 81.5 Å². The first-order valence-electron chi connectivity index (χ1n) is 13.1. The number of carboxylic acids is 1. The highest BCUT2D eigenvalue weighted by atomic mass is 79.9. The lowest BCUT2D eigenvalue weighted by Crippen LogP contribution is -2.53. The molecule has 0 bridgehead atoms. The molecule has 3 atom stereocenters. The lowest BCUT2D eigenvalue weighted by atomic mass is 9.49. The summed E-state index contributed by atoms with van der Waals surface area (Å²) in [6, 6.07) is 14.0. The van der Waals surface area contributed by atoms with Gasteiger partial charge in [-0.3, -0.25) is 9.59 Å². The number of benzene rings is 2. The molecule has 198 valence electrons. The summed E-state index contributed by atoms with van der Waals surface area (Å²) in [6.07, 6.45) is 3.35. The number of carbonyl (C=O) groups is 2. The minimum absolute atomic E-state index is 0.0629. The Kier molecular flexibility index (Phi) is 8.12. The Labute approximate surface area is 228 Å². The summed E-state index contributed by atoms with van der Waals surface area (Å²) in [5.74, 6) is -0.579. The highest BCUT2D eigenvalue weighted by Crippen LogP contribution is 2.58. The molecule has 1 fully saturated rings. The number of oxime groups is 1. The molecule has 6 nitrogen and oxygen atoms in total.